The first-order valence-corrected chi connectivity index (χ1v) is 11.5. The van der Waals surface area contributed by atoms with Crippen molar-refractivity contribution in [2.45, 2.75) is 103 Å². The van der Waals surface area contributed by atoms with Gasteiger partial charge < -0.3 is 25.6 Å². The Morgan fingerprint density at radius 2 is 1.67 bits per heavy atom. The molecule has 0 radical (unpaired) electrons. The molecule has 0 aromatic carbocycles. The van der Waals surface area contributed by atoms with E-state index in [1.807, 2.05) is 20.8 Å². The molecular formula is C22H44IN5O2. The molecule has 0 bridgehead atoms. The number of likely N-dealkylation sites (tertiary alicyclic amines) is 1. The molecule has 0 atom stereocenters. The minimum absolute atomic E-state index is 0. The summed E-state index contributed by atoms with van der Waals surface area (Å²) in [7, 11) is 0. The van der Waals surface area contributed by atoms with Gasteiger partial charge in [0.1, 0.15) is 5.60 Å². The van der Waals surface area contributed by atoms with Crippen LogP contribution in [0.1, 0.15) is 80.1 Å². The number of carbonyl (C=O) groups excluding carboxylic acids is 1. The van der Waals surface area contributed by atoms with Gasteiger partial charge in [0.05, 0.1) is 12.1 Å². The molecule has 30 heavy (non-hydrogen) atoms. The Kier molecular flexibility index (Phi) is 11.2. The second kappa shape index (κ2) is 12.3. The number of rotatable bonds is 8. The summed E-state index contributed by atoms with van der Waals surface area (Å²) in [6.07, 6.45) is 6.29. The molecule has 0 spiro atoms. The maximum absolute atomic E-state index is 12.4. The monoisotopic (exact) mass is 537 g/mol. The van der Waals surface area contributed by atoms with Gasteiger partial charge in [-0.3, -0.25) is 4.99 Å². The number of nitrogens with zero attached hydrogens (tertiary/aromatic N) is 2. The van der Waals surface area contributed by atoms with E-state index in [9.17, 15) is 4.79 Å². The average molecular weight is 538 g/mol. The third-order valence-electron chi connectivity index (χ3n) is 5.94. The van der Waals surface area contributed by atoms with Crippen molar-refractivity contribution >= 4 is 36.0 Å². The van der Waals surface area contributed by atoms with Crippen molar-refractivity contribution in [1.29, 1.82) is 0 Å². The van der Waals surface area contributed by atoms with Crippen LogP contribution in [0.15, 0.2) is 4.99 Å². The van der Waals surface area contributed by atoms with Crippen molar-refractivity contribution in [3.63, 3.8) is 0 Å². The molecule has 1 heterocycles. The second-order valence-corrected chi connectivity index (χ2v) is 9.50. The minimum Gasteiger partial charge on any atom is -0.444 e. The summed E-state index contributed by atoms with van der Waals surface area (Å²) < 4.78 is 5.47. The Labute approximate surface area is 200 Å². The van der Waals surface area contributed by atoms with Crippen LogP contribution < -0.4 is 16.0 Å². The first-order valence-electron chi connectivity index (χ1n) is 11.5. The Hall–Kier alpha value is -0.770. The van der Waals surface area contributed by atoms with E-state index in [0.29, 0.717) is 12.6 Å². The number of hydrogen-bond donors (Lipinski definition) is 3. The molecule has 0 aromatic rings. The van der Waals surface area contributed by atoms with Crippen molar-refractivity contribution < 1.29 is 9.53 Å². The van der Waals surface area contributed by atoms with Crippen LogP contribution in [0.4, 0.5) is 4.79 Å². The molecule has 3 N–H and O–H groups in total. The summed E-state index contributed by atoms with van der Waals surface area (Å²) in [6, 6.07) is 1.31. The van der Waals surface area contributed by atoms with E-state index in [2.05, 4.69) is 41.6 Å². The molecule has 0 unspecified atom stereocenters. The number of aliphatic imine (C=N–C) groups is 1. The summed E-state index contributed by atoms with van der Waals surface area (Å²) >= 11 is 0. The Bertz CT molecular complexity index is 548. The fourth-order valence-corrected chi connectivity index (χ4v) is 3.80. The van der Waals surface area contributed by atoms with Gasteiger partial charge in [0.15, 0.2) is 5.96 Å². The predicted octanol–water partition coefficient (Wildman–Crippen LogP) is 3.87. The van der Waals surface area contributed by atoms with E-state index >= 15 is 0 Å². The van der Waals surface area contributed by atoms with Crippen molar-refractivity contribution in [2.24, 2.45) is 4.99 Å². The van der Waals surface area contributed by atoms with Crippen LogP contribution in [0.3, 0.4) is 0 Å². The molecule has 8 heteroatoms. The van der Waals surface area contributed by atoms with E-state index in [4.69, 9.17) is 9.73 Å². The Balaban J connectivity index is 0.00000450. The lowest BCUT2D eigenvalue weighted by Crippen LogP contribution is -2.53. The van der Waals surface area contributed by atoms with E-state index in [1.165, 1.54) is 25.9 Å². The largest absolute Gasteiger partial charge is 0.444 e. The highest BCUT2D eigenvalue weighted by molar-refractivity contribution is 14.0. The first kappa shape index (κ1) is 27.3. The van der Waals surface area contributed by atoms with Crippen molar-refractivity contribution in [3.8, 4) is 0 Å². The van der Waals surface area contributed by atoms with Crippen LogP contribution in [0.25, 0.3) is 0 Å². The molecule has 0 aromatic heterocycles. The maximum atomic E-state index is 12.4. The number of halogens is 1. The summed E-state index contributed by atoms with van der Waals surface area (Å²) in [5, 5.41) is 10.1. The number of amides is 1. The number of carbonyl (C=O) groups is 1. The van der Waals surface area contributed by atoms with Gasteiger partial charge in [-0.05, 0) is 66.2 Å². The van der Waals surface area contributed by atoms with Crippen LogP contribution >= 0.6 is 24.0 Å². The van der Waals surface area contributed by atoms with E-state index in [-0.39, 0.29) is 30.1 Å². The molecule has 1 saturated heterocycles. The third kappa shape index (κ3) is 9.16. The highest BCUT2D eigenvalue weighted by atomic mass is 127. The van der Waals surface area contributed by atoms with Gasteiger partial charge in [-0.25, -0.2) is 4.79 Å². The number of nitrogens with one attached hydrogen (secondary N) is 3. The van der Waals surface area contributed by atoms with Gasteiger partial charge in [0.2, 0.25) is 0 Å². The van der Waals surface area contributed by atoms with Crippen molar-refractivity contribution in [1.82, 2.24) is 20.9 Å². The lowest BCUT2D eigenvalue weighted by molar-refractivity contribution is 0.0452. The van der Waals surface area contributed by atoms with Crippen molar-refractivity contribution in [3.05, 3.63) is 0 Å². The van der Waals surface area contributed by atoms with Gasteiger partial charge in [-0.2, -0.15) is 0 Å². The van der Waals surface area contributed by atoms with Gasteiger partial charge in [0, 0.05) is 31.7 Å². The van der Waals surface area contributed by atoms with Gasteiger partial charge in [-0.1, -0.05) is 13.8 Å². The number of hydrogen-bond acceptors (Lipinski definition) is 4. The maximum Gasteiger partial charge on any atom is 0.408 e. The van der Waals surface area contributed by atoms with E-state index < -0.39 is 11.1 Å². The van der Waals surface area contributed by atoms with Crippen LogP contribution in [0.5, 0.6) is 0 Å². The predicted molar refractivity (Wildman–Crippen MR) is 135 cm³/mol. The standard InChI is InChI=1S/C22H43N5O2.HI/c1-7-22(8-2,26-20(28)29-21(4,5)6)16-24-19(23-9-3)25-17-12-14-27(15-13-17)18-10-11-18;/h17-18H,7-16H2,1-6H3,(H,26,28)(H2,23,24,25);1H. The lowest BCUT2D eigenvalue weighted by Gasteiger charge is -2.34. The summed E-state index contributed by atoms with van der Waals surface area (Å²) in [6.45, 7) is 15.6. The zero-order valence-corrected chi connectivity index (χ0v) is 22.2. The first-order chi connectivity index (χ1) is 13.7. The molecule has 1 amide bonds. The van der Waals surface area contributed by atoms with Crippen LogP contribution in [0, 0.1) is 0 Å². The third-order valence-corrected chi connectivity index (χ3v) is 5.94. The Morgan fingerprint density at radius 3 is 2.13 bits per heavy atom. The van der Waals surface area contributed by atoms with Gasteiger partial charge >= 0.3 is 6.09 Å². The second-order valence-electron chi connectivity index (χ2n) is 9.50. The molecule has 1 aliphatic heterocycles. The summed E-state index contributed by atoms with van der Waals surface area (Å²) in [5.74, 6) is 0.842. The summed E-state index contributed by atoms with van der Waals surface area (Å²) in [4.78, 5) is 19.8. The molecule has 2 fully saturated rings. The van der Waals surface area contributed by atoms with Crippen molar-refractivity contribution in [2.75, 3.05) is 26.2 Å². The highest BCUT2D eigenvalue weighted by Gasteiger charge is 2.33. The normalized spacial score (nSPS) is 19.1. The van der Waals surface area contributed by atoms with Crippen LogP contribution in [0.2, 0.25) is 0 Å². The van der Waals surface area contributed by atoms with Crippen LogP contribution in [-0.4, -0.2) is 66.4 Å². The molecule has 2 rings (SSSR count). The van der Waals surface area contributed by atoms with E-state index in [1.54, 1.807) is 0 Å². The van der Waals surface area contributed by atoms with Gasteiger partial charge in [-0.15, -0.1) is 24.0 Å². The van der Waals surface area contributed by atoms with E-state index in [0.717, 1.165) is 44.2 Å². The smallest absolute Gasteiger partial charge is 0.408 e. The number of ether oxygens (including phenoxy) is 1. The zero-order valence-electron chi connectivity index (χ0n) is 19.8. The minimum atomic E-state index is -0.508. The quantitative estimate of drug-likeness (QED) is 0.249. The molecule has 7 nitrogen and oxygen atoms in total. The topological polar surface area (TPSA) is 78.0 Å². The fourth-order valence-electron chi connectivity index (χ4n) is 3.80. The fraction of sp³-hybridized carbons (Fsp3) is 0.909. The molecular weight excluding hydrogens is 493 g/mol. The molecule has 1 aliphatic carbocycles. The SMILES string of the molecule is CCNC(=NCC(CC)(CC)NC(=O)OC(C)(C)C)NC1CCN(C2CC2)CC1.I. The average Bonchev–Trinajstić information content (AvgIpc) is 3.49. The lowest BCUT2D eigenvalue weighted by atomic mass is 9.93. The molecule has 1 saturated carbocycles. The number of piperidine rings is 1. The Morgan fingerprint density at radius 1 is 1.07 bits per heavy atom. The molecule has 2 aliphatic rings. The zero-order chi connectivity index (χ0) is 21.5. The molecule has 176 valence electrons. The van der Waals surface area contributed by atoms with Crippen LogP contribution in [-0.2, 0) is 4.74 Å². The number of alkyl carbamates (subject to hydrolysis) is 1. The highest BCUT2D eigenvalue weighted by Crippen LogP contribution is 2.29. The van der Waals surface area contributed by atoms with Gasteiger partial charge in [0.25, 0.3) is 0 Å². The number of guanidine groups is 1. The summed E-state index contributed by atoms with van der Waals surface area (Å²) in [5.41, 5.74) is -0.910.